The molecule has 2 heterocycles. The Bertz CT molecular complexity index is 1250. The Kier molecular flexibility index (Phi) is 7.66. The van der Waals surface area contributed by atoms with Gasteiger partial charge >= 0.3 is 0 Å². The summed E-state index contributed by atoms with van der Waals surface area (Å²) in [5.41, 5.74) is 2.38. The molecule has 34 heavy (non-hydrogen) atoms. The van der Waals surface area contributed by atoms with Crippen LogP contribution in [-0.4, -0.2) is 29.2 Å². The van der Waals surface area contributed by atoms with Gasteiger partial charge in [0.25, 0.3) is 5.91 Å². The lowest BCUT2D eigenvalue weighted by Gasteiger charge is -2.14. The molecule has 2 amide bonds. The van der Waals surface area contributed by atoms with Gasteiger partial charge in [-0.25, -0.2) is 4.98 Å². The third kappa shape index (κ3) is 5.86. The van der Waals surface area contributed by atoms with E-state index in [1.807, 2.05) is 54.8 Å². The van der Waals surface area contributed by atoms with Gasteiger partial charge in [0.1, 0.15) is 5.75 Å². The molecule has 4 rings (SSSR count). The monoisotopic (exact) mass is 493 g/mol. The third-order valence-electron chi connectivity index (χ3n) is 4.90. The molecule has 0 aliphatic carbocycles. The minimum absolute atomic E-state index is 0.117. The van der Waals surface area contributed by atoms with Gasteiger partial charge in [-0.3, -0.25) is 9.59 Å². The van der Waals surface area contributed by atoms with Crippen LogP contribution in [0.15, 0.2) is 81.6 Å². The highest BCUT2D eigenvalue weighted by molar-refractivity contribution is 8.00. The number of ether oxygens (including phenoxy) is 1. The summed E-state index contributed by atoms with van der Waals surface area (Å²) in [6, 6.07) is 18.3. The molecule has 0 bridgehead atoms. The van der Waals surface area contributed by atoms with Crippen molar-refractivity contribution in [1.29, 1.82) is 0 Å². The molecular formula is C25H23N3O4S2. The summed E-state index contributed by atoms with van der Waals surface area (Å²) in [4.78, 5) is 30.6. The molecule has 2 aromatic heterocycles. The molecule has 0 fully saturated rings. The number of methoxy groups -OCH3 is 1. The van der Waals surface area contributed by atoms with Gasteiger partial charge in [-0.15, -0.1) is 23.1 Å². The van der Waals surface area contributed by atoms with E-state index in [2.05, 4.69) is 15.6 Å². The smallest absolute Gasteiger partial charge is 0.291 e. The molecule has 0 spiro atoms. The topological polar surface area (TPSA) is 93.5 Å². The van der Waals surface area contributed by atoms with Crippen molar-refractivity contribution in [3.8, 4) is 17.0 Å². The molecule has 0 aliphatic heterocycles. The van der Waals surface area contributed by atoms with Gasteiger partial charge in [-0.1, -0.05) is 13.0 Å². The molecule has 7 nitrogen and oxygen atoms in total. The number of thiazole rings is 1. The lowest BCUT2D eigenvalue weighted by atomic mass is 10.2. The second kappa shape index (κ2) is 11.0. The van der Waals surface area contributed by atoms with Gasteiger partial charge in [-0.05, 0) is 61.0 Å². The summed E-state index contributed by atoms with van der Waals surface area (Å²) in [6.45, 7) is 1.96. The number of anilines is 2. The number of nitrogens with one attached hydrogen (secondary N) is 2. The number of thioether (sulfide) groups is 1. The molecule has 0 aliphatic rings. The zero-order chi connectivity index (χ0) is 23.9. The first-order chi connectivity index (χ1) is 16.6. The molecule has 4 aromatic rings. The van der Waals surface area contributed by atoms with Gasteiger partial charge in [-0.2, -0.15) is 0 Å². The van der Waals surface area contributed by atoms with Crippen molar-refractivity contribution in [2.24, 2.45) is 0 Å². The van der Waals surface area contributed by atoms with Crippen LogP contribution in [-0.2, 0) is 4.79 Å². The molecule has 174 valence electrons. The Labute approximate surface area is 205 Å². The van der Waals surface area contributed by atoms with Crippen molar-refractivity contribution in [3.05, 3.63) is 78.1 Å². The predicted molar refractivity (Wildman–Crippen MR) is 136 cm³/mol. The normalized spacial score (nSPS) is 11.6. The van der Waals surface area contributed by atoms with E-state index in [9.17, 15) is 9.59 Å². The van der Waals surface area contributed by atoms with E-state index in [-0.39, 0.29) is 22.8 Å². The maximum absolute atomic E-state index is 12.9. The molecule has 1 unspecified atom stereocenters. The zero-order valence-corrected chi connectivity index (χ0v) is 20.2. The Balaban J connectivity index is 1.38. The molecule has 1 atom stereocenters. The quantitative estimate of drug-likeness (QED) is 0.271. The van der Waals surface area contributed by atoms with Crippen molar-refractivity contribution >= 4 is 45.7 Å². The summed E-state index contributed by atoms with van der Waals surface area (Å²) in [5.74, 6) is 0.572. The first kappa shape index (κ1) is 23.6. The molecule has 9 heteroatoms. The van der Waals surface area contributed by atoms with Gasteiger partial charge in [0, 0.05) is 21.5 Å². The first-order valence-electron chi connectivity index (χ1n) is 10.6. The van der Waals surface area contributed by atoms with Crippen molar-refractivity contribution in [2.45, 2.75) is 23.5 Å². The zero-order valence-electron chi connectivity index (χ0n) is 18.6. The van der Waals surface area contributed by atoms with E-state index < -0.39 is 0 Å². The van der Waals surface area contributed by atoms with Crippen LogP contribution < -0.4 is 15.4 Å². The number of aromatic nitrogens is 1. The Morgan fingerprint density at radius 3 is 2.65 bits per heavy atom. The maximum Gasteiger partial charge on any atom is 0.291 e. The van der Waals surface area contributed by atoms with Crippen LogP contribution in [0.25, 0.3) is 11.3 Å². The number of amides is 2. The third-order valence-corrected chi connectivity index (χ3v) is 7.01. The summed E-state index contributed by atoms with van der Waals surface area (Å²) in [5, 5.41) is 7.89. The second-order valence-corrected chi connectivity index (χ2v) is 9.36. The Morgan fingerprint density at radius 1 is 1.12 bits per heavy atom. The maximum atomic E-state index is 12.9. The first-order valence-corrected chi connectivity index (χ1v) is 12.3. The highest BCUT2D eigenvalue weighted by Gasteiger charge is 2.20. The number of hydrogen-bond acceptors (Lipinski definition) is 7. The summed E-state index contributed by atoms with van der Waals surface area (Å²) in [6.07, 6.45) is 2.09. The van der Waals surface area contributed by atoms with E-state index in [0.29, 0.717) is 17.2 Å². The average molecular weight is 494 g/mol. The lowest BCUT2D eigenvalue weighted by Crippen LogP contribution is -2.24. The fraction of sp³-hybridized carbons (Fsp3) is 0.160. The van der Waals surface area contributed by atoms with Crippen molar-refractivity contribution in [2.75, 3.05) is 17.7 Å². The second-order valence-electron chi connectivity index (χ2n) is 7.23. The number of benzene rings is 2. The predicted octanol–water partition coefficient (Wildman–Crippen LogP) is 6.17. The molecule has 2 aromatic carbocycles. The summed E-state index contributed by atoms with van der Waals surface area (Å²) < 4.78 is 10.3. The SMILES string of the molecule is CCC(Sc1cccc(NC(=O)c2ccco2)c1)C(=O)Nc1nc(-c2ccc(OC)cc2)cs1. The minimum atomic E-state index is -0.326. The van der Waals surface area contributed by atoms with Crippen LogP contribution in [0.3, 0.4) is 0 Å². The van der Waals surface area contributed by atoms with Gasteiger partial charge in [0.05, 0.1) is 24.3 Å². The number of hydrogen-bond donors (Lipinski definition) is 2. The van der Waals surface area contributed by atoms with Gasteiger partial charge < -0.3 is 19.8 Å². The molecule has 0 radical (unpaired) electrons. The number of furan rings is 1. The van der Waals surface area contributed by atoms with Crippen LogP contribution in [0.2, 0.25) is 0 Å². The lowest BCUT2D eigenvalue weighted by molar-refractivity contribution is -0.115. The standard InChI is InChI=1S/C25H23N3O4S2/c1-3-22(34-19-7-4-6-17(14-19)26-23(29)21-8-5-13-32-21)24(30)28-25-27-20(15-33-25)16-9-11-18(31-2)12-10-16/h4-15,22H,3H2,1-2H3,(H,26,29)(H,27,28,30). The summed E-state index contributed by atoms with van der Waals surface area (Å²) in [7, 11) is 1.63. The average Bonchev–Trinajstić information content (AvgIpc) is 3.55. The van der Waals surface area contributed by atoms with E-state index in [4.69, 9.17) is 9.15 Å². The van der Waals surface area contributed by atoms with Crippen molar-refractivity contribution in [1.82, 2.24) is 4.98 Å². The molecule has 0 saturated heterocycles. The fourth-order valence-corrected chi connectivity index (χ4v) is 4.88. The number of nitrogens with zero attached hydrogens (tertiary/aromatic N) is 1. The molecule has 2 N–H and O–H groups in total. The van der Waals surface area contributed by atoms with Crippen LogP contribution >= 0.6 is 23.1 Å². The van der Waals surface area contributed by atoms with E-state index in [1.54, 1.807) is 25.3 Å². The van der Waals surface area contributed by atoms with Gasteiger partial charge in [0.15, 0.2) is 10.9 Å². The Hall–Kier alpha value is -3.56. The Morgan fingerprint density at radius 2 is 1.94 bits per heavy atom. The van der Waals surface area contributed by atoms with E-state index >= 15 is 0 Å². The van der Waals surface area contributed by atoms with Crippen LogP contribution in [0.4, 0.5) is 10.8 Å². The largest absolute Gasteiger partial charge is 0.497 e. The highest BCUT2D eigenvalue weighted by atomic mass is 32.2. The number of carbonyl (C=O) groups excluding carboxylic acids is 2. The van der Waals surface area contributed by atoms with Crippen molar-refractivity contribution in [3.63, 3.8) is 0 Å². The fourth-order valence-electron chi connectivity index (χ4n) is 3.15. The van der Waals surface area contributed by atoms with Crippen molar-refractivity contribution < 1.29 is 18.7 Å². The van der Waals surface area contributed by atoms with Crippen LogP contribution in [0.1, 0.15) is 23.9 Å². The van der Waals surface area contributed by atoms with Crippen LogP contribution in [0, 0.1) is 0 Å². The molecule has 0 saturated carbocycles. The minimum Gasteiger partial charge on any atom is -0.497 e. The van der Waals surface area contributed by atoms with Crippen LogP contribution in [0.5, 0.6) is 5.75 Å². The van der Waals surface area contributed by atoms with E-state index in [0.717, 1.165) is 21.9 Å². The highest BCUT2D eigenvalue weighted by Crippen LogP contribution is 2.30. The summed E-state index contributed by atoms with van der Waals surface area (Å²) >= 11 is 2.82. The molecular weight excluding hydrogens is 470 g/mol. The number of carbonyl (C=O) groups is 2. The van der Waals surface area contributed by atoms with E-state index in [1.165, 1.54) is 29.4 Å². The van der Waals surface area contributed by atoms with Gasteiger partial charge in [0.2, 0.25) is 5.91 Å². The number of rotatable bonds is 9.